The molecular weight excluding hydrogens is 191 g/mol. The van der Waals surface area contributed by atoms with Crippen molar-refractivity contribution in [2.75, 3.05) is 19.6 Å². The molecule has 3 heteroatoms. The van der Waals surface area contributed by atoms with Crippen molar-refractivity contribution >= 4 is 0 Å². The summed E-state index contributed by atoms with van der Waals surface area (Å²) in [5.41, 5.74) is 5.24. The maximum Gasteiger partial charge on any atom is 0.162 e. The molecule has 1 aliphatic rings. The zero-order valence-corrected chi connectivity index (χ0v) is 9.01. The lowest BCUT2D eigenvalue weighted by Crippen LogP contribution is -3.11. The Hall–Kier alpha value is -0.930. The van der Waals surface area contributed by atoms with Crippen molar-refractivity contribution in [3.05, 3.63) is 35.6 Å². The summed E-state index contributed by atoms with van der Waals surface area (Å²) in [6.45, 7) is 3.36. The third kappa shape index (κ3) is 2.36. The summed E-state index contributed by atoms with van der Waals surface area (Å²) in [6, 6.07) is 7.35. The molecule has 0 bridgehead atoms. The van der Waals surface area contributed by atoms with E-state index in [9.17, 15) is 4.39 Å². The molecule has 0 saturated carbocycles. The summed E-state index contributed by atoms with van der Waals surface area (Å²) < 4.78 is 12.8. The van der Waals surface area contributed by atoms with Crippen molar-refractivity contribution in [3.8, 4) is 0 Å². The molecule has 2 rings (SSSR count). The van der Waals surface area contributed by atoms with E-state index in [2.05, 4.69) is 5.73 Å². The predicted molar refractivity (Wildman–Crippen MR) is 56.8 cm³/mol. The Kier molecular flexibility index (Phi) is 3.34. The average Bonchev–Trinajstić information content (AvgIpc) is 2.75. The molecule has 0 amide bonds. The zero-order valence-electron chi connectivity index (χ0n) is 9.01. The molecule has 0 aromatic heterocycles. The van der Waals surface area contributed by atoms with Gasteiger partial charge in [0.15, 0.2) is 6.04 Å². The summed E-state index contributed by atoms with van der Waals surface area (Å²) in [6.07, 6.45) is 2.63. The summed E-state index contributed by atoms with van der Waals surface area (Å²) in [5.74, 6) is -0.155. The molecule has 1 saturated heterocycles. The fraction of sp³-hybridized carbons (Fsp3) is 0.500. The van der Waals surface area contributed by atoms with Gasteiger partial charge in [0.2, 0.25) is 0 Å². The van der Waals surface area contributed by atoms with Gasteiger partial charge >= 0.3 is 0 Å². The topological polar surface area (TPSA) is 32.1 Å². The number of nitrogens with one attached hydrogen (secondary N) is 1. The normalized spacial score (nSPS) is 19.3. The number of halogens is 1. The highest BCUT2D eigenvalue weighted by atomic mass is 19.1. The standard InChI is InChI=1S/C12H17FN2/c13-11-5-3-10(4-6-11)12(9-14)15-7-1-2-8-15/h3-6,12H,1-2,7-9,14H2/p+2/t12-/m1/s1. The Balaban J connectivity index is 2.14. The van der Waals surface area contributed by atoms with Crippen LogP contribution >= 0.6 is 0 Å². The first-order valence-corrected chi connectivity index (χ1v) is 5.70. The summed E-state index contributed by atoms with van der Waals surface area (Å²) >= 11 is 0. The maximum atomic E-state index is 12.8. The number of hydrogen-bond acceptors (Lipinski definition) is 0. The second-order valence-electron chi connectivity index (χ2n) is 4.26. The van der Waals surface area contributed by atoms with Crippen molar-refractivity contribution in [2.45, 2.75) is 18.9 Å². The van der Waals surface area contributed by atoms with Gasteiger partial charge in [-0.2, -0.15) is 0 Å². The first-order valence-electron chi connectivity index (χ1n) is 5.70. The van der Waals surface area contributed by atoms with Crippen LogP contribution < -0.4 is 10.6 Å². The number of likely N-dealkylation sites (tertiary alicyclic amines) is 1. The molecule has 0 spiro atoms. The van der Waals surface area contributed by atoms with Gasteiger partial charge in [-0.15, -0.1) is 0 Å². The number of quaternary nitrogens is 2. The molecule has 82 valence electrons. The molecule has 1 atom stereocenters. The van der Waals surface area contributed by atoms with Crippen LogP contribution in [0.2, 0.25) is 0 Å². The highest BCUT2D eigenvalue weighted by Crippen LogP contribution is 2.10. The van der Waals surface area contributed by atoms with Crippen LogP contribution in [0.15, 0.2) is 24.3 Å². The van der Waals surface area contributed by atoms with Crippen LogP contribution in [0.3, 0.4) is 0 Å². The lowest BCUT2D eigenvalue weighted by molar-refractivity contribution is -0.926. The summed E-state index contributed by atoms with van der Waals surface area (Å²) in [4.78, 5) is 1.61. The van der Waals surface area contributed by atoms with Crippen LogP contribution in [0.5, 0.6) is 0 Å². The predicted octanol–water partition coefficient (Wildman–Crippen LogP) is -0.213. The fourth-order valence-corrected chi connectivity index (χ4v) is 2.48. The van der Waals surface area contributed by atoms with Crippen molar-refractivity contribution in [3.63, 3.8) is 0 Å². The Morgan fingerprint density at radius 1 is 1.20 bits per heavy atom. The number of hydrogen-bond donors (Lipinski definition) is 2. The minimum absolute atomic E-state index is 0.155. The van der Waals surface area contributed by atoms with E-state index >= 15 is 0 Å². The molecule has 4 N–H and O–H groups in total. The second-order valence-corrected chi connectivity index (χ2v) is 4.26. The van der Waals surface area contributed by atoms with Crippen LogP contribution in [0.25, 0.3) is 0 Å². The minimum Gasteiger partial charge on any atom is -0.352 e. The van der Waals surface area contributed by atoms with Gasteiger partial charge in [-0.3, -0.25) is 0 Å². The lowest BCUT2D eigenvalue weighted by atomic mass is 10.1. The largest absolute Gasteiger partial charge is 0.352 e. The van der Waals surface area contributed by atoms with Gasteiger partial charge in [0.05, 0.1) is 13.1 Å². The van der Waals surface area contributed by atoms with Crippen LogP contribution in [0.4, 0.5) is 4.39 Å². The Morgan fingerprint density at radius 2 is 1.80 bits per heavy atom. The zero-order chi connectivity index (χ0) is 10.7. The first-order chi connectivity index (χ1) is 7.31. The molecule has 0 unspecified atom stereocenters. The molecule has 1 heterocycles. The van der Waals surface area contributed by atoms with Crippen molar-refractivity contribution in [1.29, 1.82) is 0 Å². The Bertz CT molecular complexity index is 304. The van der Waals surface area contributed by atoms with E-state index in [4.69, 9.17) is 0 Å². The van der Waals surface area contributed by atoms with Crippen LogP contribution in [0.1, 0.15) is 24.4 Å². The minimum atomic E-state index is -0.155. The average molecular weight is 210 g/mol. The molecule has 0 radical (unpaired) electrons. The van der Waals surface area contributed by atoms with Crippen LogP contribution in [-0.2, 0) is 0 Å². The van der Waals surface area contributed by atoms with E-state index in [1.807, 2.05) is 12.1 Å². The lowest BCUT2D eigenvalue weighted by Gasteiger charge is -2.21. The SMILES string of the molecule is [NH3+]C[C@H](c1ccc(F)cc1)[NH+]1CCCC1. The summed E-state index contributed by atoms with van der Waals surface area (Å²) in [7, 11) is 0. The number of rotatable bonds is 3. The van der Waals surface area contributed by atoms with Gasteiger partial charge in [0.1, 0.15) is 12.4 Å². The second kappa shape index (κ2) is 4.73. The third-order valence-corrected chi connectivity index (χ3v) is 3.30. The highest BCUT2D eigenvalue weighted by molar-refractivity contribution is 5.18. The van der Waals surface area contributed by atoms with Gasteiger partial charge in [-0.1, -0.05) is 0 Å². The van der Waals surface area contributed by atoms with Gasteiger partial charge in [0.25, 0.3) is 0 Å². The van der Waals surface area contributed by atoms with E-state index < -0.39 is 0 Å². The van der Waals surface area contributed by atoms with E-state index in [1.165, 1.54) is 31.5 Å². The molecule has 0 aliphatic carbocycles. The highest BCUT2D eigenvalue weighted by Gasteiger charge is 2.27. The fourth-order valence-electron chi connectivity index (χ4n) is 2.48. The molecule has 2 nitrogen and oxygen atoms in total. The van der Waals surface area contributed by atoms with Crippen molar-refractivity contribution in [2.24, 2.45) is 0 Å². The third-order valence-electron chi connectivity index (χ3n) is 3.30. The Labute approximate surface area is 89.9 Å². The Morgan fingerprint density at radius 3 is 2.33 bits per heavy atom. The van der Waals surface area contributed by atoms with Crippen LogP contribution in [0, 0.1) is 5.82 Å². The molecule has 15 heavy (non-hydrogen) atoms. The van der Waals surface area contributed by atoms with E-state index in [0.717, 1.165) is 6.54 Å². The maximum absolute atomic E-state index is 12.8. The van der Waals surface area contributed by atoms with E-state index in [1.54, 1.807) is 17.0 Å². The number of benzene rings is 1. The van der Waals surface area contributed by atoms with E-state index in [-0.39, 0.29) is 5.82 Å². The van der Waals surface area contributed by atoms with Crippen LogP contribution in [-0.4, -0.2) is 19.6 Å². The van der Waals surface area contributed by atoms with Gasteiger partial charge < -0.3 is 10.6 Å². The van der Waals surface area contributed by atoms with E-state index in [0.29, 0.717) is 6.04 Å². The van der Waals surface area contributed by atoms with Crippen molar-refractivity contribution < 1.29 is 15.0 Å². The molecular formula is C12H19FN2+2. The van der Waals surface area contributed by atoms with Gasteiger partial charge in [-0.05, 0) is 24.3 Å². The monoisotopic (exact) mass is 210 g/mol. The van der Waals surface area contributed by atoms with Crippen molar-refractivity contribution in [1.82, 2.24) is 0 Å². The van der Waals surface area contributed by atoms with Gasteiger partial charge in [0, 0.05) is 18.4 Å². The molecule has 1 fully saturated rings. The quantitative estimate of drug-likeness (QED) is 0.692. The molecule has 1 aromatic carbocycles. The summed E-state index contributed by atoms with van der Waals surface area (Å²) in [5, 5.41) is 0. The molecule has 1 aromatic rings. The smallest absolute Gasteiger partial charge is 0.162 e. The van der Waals surface area contributed by atoms with Gasteiger partial charge in [-0.25, -0.2) is 4.39 Å². The molecule has 1 aliphatic heterocycles. The first kappa shape index (κ1) is 10.6.